The van der Waals surface area contributed by atoms with Crippen LogP contribution in [0.2, 0.25) is 0 Å². The number of nitrogens with zero attached hydrogens (tertiary/aromatic N) is 3. The topological polar surface area (TPSA) is 30.7 Å². The maximum atomic E-state index is 5.16. The van der Waals surface area contributed by atoms with Gasteiger partial charge in [-0.15, -0.1) is 47.3 Å². The minimum atomic E-state index is 0. The van der Waals surface area contributed by atoms with Gasteiger partial charge in [-0.2, -0.15) is 0 Å². The van der Waals surface area contributed by atoms with Crippen molar-refractivity contribution in [2.75, 3.05) is 0 Å². The summed E-state index contributed by atoms with van der Waals surface area (Å²) in [6, 6.07) is 38.8. The van der Waals surface area contributed by atoms with Crippen LogP contribution in [0.25, 0.3) is 49.5 Å². The predicted molar refractivity (Wildman–Crippen MR) is 187 cm³/mol. The fourth-order valence-electron chi connectivity index (χ4n) is 5.67. The summed E-state index contributed by atoms with van der Waals surface area (Å²) in [6.45, 7) is 11.3. The molecule has 3 aromatic heterocycles. The smallest absolute Gasteiger partial charge is 0.0774 e. The second-order valence-corrected chi connectivity index (χ2v) is 12.5. The molecule has 1 radical (unpaired) electrons. The largest absolute Gasteiger partial charge is 0.333 e. The third-order valence-corrected chi connectivity index (χ3v) is 8.85. The summed E-state index contributed by atoms with van der Waals surface area (Å²) in [7, 11) is 0. The van der Waals surface area contributed by atoms with E-state index >= 15 is 0 Å². The second-order valence-electron chi connectivity index (χ2n) is 11.6. The number of hydrogen-bond donors (Lipinski definition) is 0. The van der Waals surface area contributed by atoms with Crippen molar-refractivity contribution in [3.05, 3.63) is 137 Å². The number of fused-ring (bicyclic) bond motifs is 2. The molecule has 0 fully saturated rings. The quantitative estimate of drug-likeness (QED) is 0.157. The van der Waals surface area contributed by atoms with E-state index in [1.165, 1.54) is 32.5 Å². The molecular formula is C40H37IrN3S-2. The van der Waals surface area contributed by atoms with Gasteiger partial charge in [-0.3, -0.25) is 16.3 Å². The van der Waals surface area contributed by atoms with Gasteiger partial charge in [0, 0.05) is 32.0 Å². The van der Waals surface area contributed by atoms with Crippen molar-refractivity contribution >= 4 is 32.5 Å². The van der Waals surface area contributed by atoms with Crippen LogP contribution in [0.5, 0.6) is 0 Å². The molecule has 0 N–H and O–H groups in total. The average Bonchev–Trinajstić information content (AvgIpc) is 3.66. The molecule has 0 bridgehead atoms. The summed E-state index contributed by atoms with van der Waals surface area (Å²) in [4.78, 5) is 9.38. The van der Waals surface area contributed by atoms with E-state index in [2.05, 4.69) is 116 Å². The molecular weight excluding hydrogens is 747 g/mol. The second kappa shape index (κ2) is 14.5. The molecule has 0 spiro atoms. The molecule has 0 aliphatic heterocycles. The Morgan fingerprint density at radius 2 is 1.53 bits per heavy atom. The number of benzene rings is 4. The maximum Gasteiger partial charge on any atom is 0.0774 e. The van der Waals surface area contributed by atoms with E-state index in [1.54, 1.807) is 17.5 Å². The average molecular weight is 784 g/mol. The molecule has 3 heterocycles. The van der Waals surface area contributed by atoms with E-state index in [-0.39, 0.29) is 20.1 Å². The molecule has 3 nitrogen and oxygen atoms in total. The fraction of sp³-hybridized carbons (Fsp3) is 0.200. The molecule has 7 aromatic rings. The molecule has 0 aliphatic carbocycles. The van der Waals surface area contributed by atoms with Crippen molar-refractivity contribution in [3.8, 4) is 28.3 Å². The minimum absolute atomic E-state index is 0. The van der Waals surface area contributed by atoms with E-state index in [4.69, 9.17) is 4.98 Å². The van der Waals surface area contributed by atoms with E-state index in [0.717, 1.165) is 40.1 Å². The van der Waals surface area contributed by atoms with Gasteiger partial charge < -0.3 is 9.55 Å². The van der Waals surface area contributed by atoms with Crippen LogP contribution in [-0.4, -0.2) is 14.5 Å². The number of aryl methyl sites for hydroxylation is 1. The van der Waals surface area contributed by atoms with E-state index < -0.39 is 0 Å². The summed E-state index contributed by atoms with van der Waals surface area (Å²) in [5, 5.41) is 4.84. The minimum Gasteiger partial charge on any atom is -0.333 e. The summed E-state index contributed by atoms with van der Waals surface area (Å²) in [5.41, 5.74) is 10.6. The van der Waals surface area contributed by atoms with Crippen LogP contribution in [0.3, 0.4) is 0 Å². The Kier molecular flexibility index (Phi) is 10.5. The van der Waals surface area contributed by atoms with Gasteiger partial charge in [0.05, 0.1) is 16.9 Å². The van der Waals surface area contributed by atoms with Crippen molar-refractivity contribution in [1.82, 2.24) is 14.5 Å². The van der Waals surface area contributed by atoms with Crippen LogP contribution >= 0.6 is 11.3 Å². The van der Waals surface area contributed by atoms with Crippen LogP contribution in [0.4, 0.5) is 0 Å². The van der Waals surface area contributed by atoms with Gasteiger partial charge in [0.25, 0.3) is 0 Å². The first kappa shape index (κ1) is 32.5. The molecule has 5 heteroatoms. The van der Waals surface area contributed by atoms with Crippen LogP contribution in [0, 0.1) is 11.4 Å². The summed E-state index contributed by atoms with van der Waals surface area (Å²) < 4.78 is 3.67. The molecule has 4 aromatic carbocycles. The Balaban J connectivity index is 0.000000258. The molecule has 0 saturated heterocycles. The van der Waals surface area contributed by atoms with Gasteiger partial charge in [0.2, 0.25) is 0 Å². The zero-order chi connectivity index (χ0) is 30.6. The number of pyridine rings is 1. The first-order valence-electron chi connectivity index (χ1n) is 15.4. The first-order chi connectivity index (χ1) is 21.5. The van der Waals surface area contributed by atoms with Crippen LogP contribution < -0.4 is 0 Å². The molecule has 0 amide bonds. The Morgan fingerprint density at radius 1 is 0.800 bits per heavy atom. The summed E-state index contributed by atoms with van der Waals surface area (Å²) >= 11 is 1.69. The van der Waals surface area contributed by atoms with E-state index in [9.17, 15) is 0 Å². The normalized spacial score (nSPS) is 11.1. The van der Waals surface area contributed by atoms with Gasteiger partial charge in [-0.1, -0.05) is 110 Å². The van der Waals surface area contributed by atoms with Crippen LogP contribution in [0.15, 0.2) is 109 Å². The summed E-state index contributed by atoms with van der Waals surface area (Å²) in [5.74, 6) is 1.80. The molecule has 0 unspecified atom stereocenters. The number of para-hydroxylation sites is 3. The molecule has 229 valence electrons. The predicted octanol–water partition coefficient (Wildman–Crippen LogP) is 11.1. The van der Waals surface area contributed by atoms with Crippen molar-refractivity contribution in [2.45, 2.75) is 52.9 Å². The first-order valence-corrected chi connectivity index (χ1v) is 16.2. The third kappa shape index (κ3) is 6.72. The van der Waals surface area contributed by atoms with Crippen molar-refractivity contribution in [2.24, 2.45) is 0 Å². The monoisotopic (exact) mass is 784 g/mol. The number of aromatic nitrogens is 3. The number of imidazole rings is 1. The fourth-order valence-corrected chi connectivity index (χ4v) is 6.57. The Hall–Kier alpha value is -3.89. The van der Waals surface area contributed by atoms with Gasteiger partial charge in [0.1, 0.15) is 0 Å². The standard InChI is InChI=1S/C29H29N2S.C11H8N.Ir/c1-6-20-14-15-23-24(17-32-27(23)16-20)29-30-25-12-7-8-13-26(25)31(29)28-21(18(2)3)10-9-11-22(28)19(4)5;1-2-6-10(7-3-1)11-8-4-5-9-12-11;/h7-16,18-19H,6H2,1-5H3;1-6,8-9H;/q2*-1;. The Labute approximate surface area is 284 Å². The SMILES string of the molecule is CCc1ccc2c(-c3nc4ccccc4n3-c3c(C(C)C)cccc3C(C)C)[c-]sc2c1.[Ir].[c-]1ccccc1-c1ccccn1. The molecule has 7 rings (SSSR count). The van der Waals surface area contributed by atoms with Gasteiger partial charge in [-0.05, 0) is 53.3 Å². The number of thiophene rings is 1. The molecule has 0 saturated carbocycles. The zero-order valence-electron chi connectivity index (χ0n) is 26.3. The Bertz CT molecular complexity index is 1940. The van der Waals surface area contributed by atoms with Crippen LogP contribution in [-0.2, 0) is 26.5 Å². The van der Waals surface area contributed by atoms with Crippen molar-refractivity contribution < 1.29 is 20.1 Å². The number of hydrogen-bond acceptors (Lipinski definition) is 3. The van der Waals surface area contributed by atoms with Gasteiger partial charge in [0.15, 0.2) is 0 Å². The van der Waals surface area contributed by atoms with Crippen molar-refractivity contribution in [3.63, 3.8) is 0 Å². The molecule has 45 heavy (non-hydrogen) atoms. The summed E-state index contributed by atoms with van der Waals surface area (Å²) in [6.07, 6.45) is 2.83. The maximum absolute atomic E-state index is 5.16. The molecule has 0 atom stereocenters. The van der Waals surface area contributed by atoms with E-state index in [0.29, 0.717) is 11.8 Å². The van der Waals surface area contributed by atoms with E-state index in [1.807, 2.05) is 42.5 Å². The van der Waals surface area contributed by atoms with Crippen LogP contribution in [0.1, 0.15) is 63.1 Å². The van der Waals surface area contributed by atoms with Gasteiger partial charge in [-0.25, -0.2) is 0 Å². The Morgan fingerprint density at radius 3 is 2.20 bits per heavy atom. The van der Waals surface area contributed by atoms with Crippen molar-refractivity contribution in [1.29, 1.82) is 0 Å². The zero-order valence-corrected chi connectivity index (χ0v) is 29.5. The third-order valence-electron chi connectivity index (χ3n) is 7.99. The number of rotatable bonds is 6. The van der Waals surface area contributed by atoms with Gasteiger partial charge >= 0.3 is 0 Å². The molecule has 0 aliphatic rings.